The third kappa shape index (κ3) is 11.6. The summed E-state index contributed by atoms with van der Waals surface area (Å²) in [5.74, 6) is 0.816. The fourth-order valence-electron chi connectivity index (χ4n) is 1.97. The molecule has 0 aromatic rings. The number of carbonyl (C=O) groups is 1. The Morgan fingerprint density at radius 1 is 0.933 bits per heavy atom. The van der Waals surface area contributed by atoms with Crippen molar-refractivity contribution < 1.29 is 4.79 Å². The van der Waals surface area contributed by atoms with Crippen LogP contribution in [0.15, 0.2) is 0 Å². The minimum Gasteiger partial charge on any atom is -0.303 e. The second-order valence-corrected chi connectivity index (χ2v) is 4.76. The van der Waals surface area contributed by atoms with Crippen LogP contribution in [-0.4, -0.2) is 6.29 Å². The predicted molar refractivity (Wildman–Crippen MR) is 67.1 cm³/mol. The summed E-state index contributed by atoms with van der Waals surface area (Å²) in [5, 5.41) is 0. The van der Waals surface area contributed by atoms with Crippen LogP contribution in [0.5, 0.6) is 0 Å². The fraction of sp³-hybridized carbons (Fsp3) is 0.929. The molecular formula is C14H28O. The van der Waals surface area contributed by atoms with Crippen molar-refractivity contribution in [2.24, 2.45) is 5.92 Å². The van der Waals surface area contributed by atoms with Crippen LogP contribution in [0.3, 0.4) is 0 Å². The zero-order valence-corrected chi connectivity index (χ0v) is 10.6. The molecule has 0 aliphatic carbocycles. The Kier molecular flexibility index (Phi) is 11.5. The van der Waals surface area contributed by atoms with E-state index in [9.17, 15) is 4.79 Å². The van der Waals surface area contributed by atoms with Gasteiger partial charge < -0.3 is 4.79 Å². The molecule has 0 radical (unpaired) electrons. The molecule has 0 aromatic carbocycles. The van der Waals surface area contributed by atoms with Gasteiger partial charge in [0.2, 0.25) is 0 Å². The molecule has 1 unspecified atom stereocenters. The largest absolute Gasteiger partial charge is 0.303 e. The van der Waals surface area contributed by atoms with Crippen LogP contribution in [0.25, 0.3) is 0 Å². The van der Waals surface area contributed by atoms with Gasteiger partial charge in [-0.25, -0.2) is 0 Å². The standard InChI is InChI=1S/C14H28O/c1-3-4-5-6-7-8-11-14(2)12-9-10-13-15/h13-14H,3-12H2,1-2H3. The lowest BCUT2D eigenvalue weighted by molar-refractivity contribution is -0.107. The average Bonchev–Trinajstić information content (AvgIpc) is 2.23. The number of hydrogen-bond acceptors (Lipinski definition) is 1. The minimum absolute atomic E-state index is 0.751. The number of rotatable bonds is 11. The van der Waals surface area contributed by atoms with Gasteiger partial charge in [0.15, 0.2) is 0 Å². The Labute approximate surface area is 95.6 Å². The summed E-state index contributed by atoms with van der Waals surface area (Å²) < 4.78 is 0. The Morgan fingerprint density at radius 2 is 1.53 bits per heavy atom. The lowest BCUT2D eigenvalue weighted by Crippen LogP contribution is -1.95. The van der Waals surface area contributed by atoms with Gasteiger partial charge in [0.05, 0.1) is 0 Å². The van der Waals surface area contributed by atoms with Crippen molar-refractivity contribution in [1.82, 2.24) is 0 Å². The van der Waals surface area contributed by atoms with Crippen molar-refractivity contribution in [3.63, 3.8) is 0 Å². The van der Waals surface area contributed by atoms with E-state index in [-0.39, 0.29) is 0 Å². The van der Waals surface area contributed by atoms with E-state index in [0.717, 1.165) is 25.0 Å². The summed E-state index contributed by atoms with van der Waals surface area (Å²) in [5.41, 5.74) is 0. The van der Waals surface area contributed by atoms with E-state index >= 15 is 0 Å². The molecule has 0 saturated heterocycles. The van der Waals surface area contributed by atoms with Gasteiger partial charge in [-0.1, -0.05) is 65.2 Å². The Bertz CT molecular complexity index is 131. The average molecular weight is 212 g/mol. The first-order chi connectivity index (χ1) is 7.31. The molecule has 0 bridgehead atoms. The molecule has 0 saturated carbocycles. The molecule has 90 valence electrons. The van der Waals surface area contributed by atoms with E-state index in [1.807, 2.05) is 0 Å². The monoisotopic (exact) mass is 212 g/mol. The van der Waals surface area contributed by atoms with E-state index in [1.54, 1.807) is 0 Å². The number of carbonyl (C=O) groups excluding carboxylic acids is 1. The van der Waals surface area contributed by atoms with Crippen LogP contribution < -0.4 is 0 Å². The van der Waals surface area contributed by atoms with Gasteiger partial charge in [-0.3, -0.25) is 0 Å². The van der Waals surface area contributed by atoms with Crippen molar-refractivity contribution in [2.45, 2.75) is 78.1 Å². The summed E-state index contributed by atoms with van der Waals surface area (Å²) in [4.78, 5) is 10.1. The number of aldehydes is 1. The van der Waals surface area contributed by atoms with Crippen molar-refractivity contribution in [1.29, 1.82) is 0 Å². The summed E-state index contributed by atoms with van der Waals surface area (Å²) >= 11 is 0. The maximum absolute atomic E-state index is 10.1. The zero-order chi connectivity index (χ0) is 11.4. The van der Waals surface area contributed by atoms with Crippen LogP contribution in [0.1, 0.15) is 78.1 Å². The predicted octanol–water partition coefficient (Wildman–Crippen LogP) is 4.74. The highest BCUT2D eigenvalue weighted by molar-refractivity contribution is 5.48. The van der Waals surface area contributed by atoms with Crippen LogP contribution >= 0.6 is 0 Å². The Hall–Kier alpha value is -0.330. The highest BCUT2D eigenvalue weighted by Gasteiger charge is 2.01. The molecule has 0 fully saturated rings. The van der Waals surface area contributed by atoms with Gasteiger partial charge in [-0.15, -0.1) is 0 Å². The number of unbranched alkanes of at least 4 members (excludes halogenated alkanes) is 6. The summed E-state index contributed by atoms with van der Waals surface area (Å²) in [6.07, 6.45) is 13.8. The zero-order valence-electron chi connectivity index (χ0n) is 10.6. The second kappa shape index (κ2) is 11.7. The molecular weight excluding hydrogens is 184 g/mol. The maximum atomic E-state index is 10.1. The van der Waals surface area contributed by atoms with Gasteiger partial charge >= 0.3 is 0 Å². The van der Waals surface area contributed by atoms with Crippen molar-refractivity contribution in [2.75, 3.05) is 0 Å². The molecule has 1 atom stereocenters. The molecule has 0 rings (SSSR count). The first-order valence-corrected chi connectivity index (χ1v) is 6.74. The highest BCUT2D eigenvalue weighted by Crippen LogP contribution is 2.16. The number of hydrogen-bond donors (Lipinski definition) is 0. The third-order valence-corrected chi connectivity index (χ3v) is 3.07. The van der Waals surface area contributed by atoms with Gasteiger partial charge in [0, 0.05) is 6.42 Å². The van der Waals surface area contributed by atoms with Crippen LogP contribution in [0.2, 0.25) is 0 Å². The van der Waals surface area contributed by atoms with Crippen molar-refractivity contribution in [3.8, 4) is 0 Å². The first kappa shape index (κ1) is 14.7. The van der Waals surface area contributed by atoms with E-state index in [4.69, 9.17) is 0 Å². The van der Waals surface area contributed by atoms with Gasteiger partial charge in [0.1, 0.15) is 6.29 Å². The van der Waals surface area contributed by atoms with E-state index in [0.29, 0.717) is 0 Å². The fourth-order valence-corrected chi connectivity index (χ4v) is 1.97. The molecule has 0 aliphatic heterocycles. The smallest absolute Gasteiger partial charge is 0.119 e. The molecule has 1 nitrogen and oxygen atoms in total. The summed E-state index contributed by atoms with van der Waals surface area (Å²) in [6.45, 7) is 4.58. The minimum atomic E-state index is 0.751. The molecule has 0 heterocycles. The van der Waals surface area contributed by atoms with E-state index in [2.05, 4.69) is 13.8 Å². The molecule has 0 amide bonds. The van der Waals surface area contributed by atoms with Crippen molar-refractivity contribution >= 4 is 6.29 Å². The molecule has 0 N–H and O–H groups in total. The van der Waals surface area contributed by atoms with Gasteiger partial charge in [-0.2, -0.15) is 0 Å². The van der Waals surface area contributed by atoms with E-state index < -0.39 is 0 Å². The van der Waals surface area contributed by atoms with Gasteiger partial charge in [-0.05, 0) is 12.3 Å². The topological polar surface area (TPSA) is 17.1 Å². The molecule has 0 spiro atoms. The first-order valence-electron chi connectivity index (χ1n) is 6.74. The SMILES string of the molecule is CCCCCCCCC(C)CCCC=O. The van der Waals surface area contributed by atoms with E-state index in [1.165, 1.54) is 51.4 Å². The normalized spacial score (nSPS) is 12.7. The quantitative estimate of drug-likeness (QED) is 0.357. The Morgan fingerprint density at radius 3 is 2.20 bits per heavy atom. The van der Waals surface area contributed by atoms with Crippen LogP contribution in [0, 0.1) is 5.92 Å². The molecule has 15 heavy (non-hydrogen) atoms. The lowest BCUT2D eigenvalue weighted by Gasteiger charge is -2.09. The maximum Gasteiger partial charge on any atom is 0.119 e. The molecule has 0 aliphatic rings. The van der Waals surface area contributed by atoms with Crippen LogP contribution in [0.4, 0.5) is 0 Å². The molecule has 0 aromatic heterocycles. The van der Waals surface area contributed by atoms with Crippen molar-refractivity contribution in [3.05, 3.63) is 0 Å². The lowest BCUT2D eigenvalue weighted by atomic mass is 9.97. The summed E-state index contributed by atoms with van der Waals surface area (Å²) in [7, 11) is 0. The molecule has 1 heteroatoms. The Balaban J connectivity index is 3.09. The van der Waals surface area contributed by atoms with Crippen LogP contribution in [-0.2, 0) is 4.79 Å². The summed E-state index contributed by atoms with van der Waals surface area (Å²) in [6, 6.07) is 0. The second-order valence-electron chi connectivity index (χ2n) is 4.76. The highest BCUT2D eigenvalue weighted by atomic mass is 16.1. The van der Waals surface area contributed by atoms with Gasteiger partial charge in [0.25, 0.3) is 0 Å². The third-order valence-electron chi connectivity index (χ3n) is 3.07.